The zero-order chi connectivity index (χ0) is 23.9. The fourth-order valence-electron chi connectivity index (χ4n) is 3.68. The summed E-state index contributed by atoms with van der Waals surface area (Å²) in [5, 5.41) is 0. The Morgan fingerprint density at radius 1 is 1.18 bits per heavy atom. The lowest BCUT2D eigenvalue weighted by molar-refractivity contribution is -0.119. The Kier molecular flexibility index (Phi) is 6.04. The van der Waals surface area contributed by atoms with E-state index in [-0.39, 0.29) is 11.1 Å². The first kappa shape index (κ1) is 23.0. The number of hydrogen-bond donors (Lipinski definition) is 0. The van der Waals surface area contributed by atoms with Crippen molar-refractivity contribution >= 4 is 21.8 Å². The zero-order valence-electron chi connectivity index (χ0n) is 18.0. The summed E-state index contributed by atoms with van der Waals surface area (Å²) in [6, 6.07) is 3.03. The van der Waals surface area contributed by atoms with Crippen molar-refractivity contribution in [1.82, 2.24) is 4.57 Å². The van der Waals surface area contributed by atoms with Crippen molar-refractivity contribution < 1.29 is 26.7 Å². The van der Waals surface area contributed by atoms with Crippen LogP contribution in [0.3, 0.4) is 0 Å². The topological polar surface area (TPSA) is 94.8 Å². The van der Waals surface area contributed by atoms with Gasteiger partial charge in [-0.25, -0.2) is 17.2 Å². The quantitative estimate of drug-likeness (QED) is 0.613. The predicted molar refractivity (Wildman–Crippen MR) is 118 cm³/mol. The maximum absolute atomic E-state index is 14.2. The summed E-state index contributed by atoms with van der Waals surface area (Å²) in [4.78, 5) is 30.3. The summed E-state index contributed by atoms with van der Waals surface area (Å²) in [6.07, 6.45) is 5.94. The summed E-state index contributed by atoms with van der Waals surface area (Å²) in [5.74, 6) is -3.52. The number of aromatic nitrogens is 1. The maximum Gasteiger partial charge on any atom is 0.253 e. The number of ether oxygens (including phenoxy) is 1. The van der Waals surface area contributed by atoms with E-state index in [2.05, 4.69) is 4.99 Å². The van der Waals surface area contributed by atoms with Crippen molar-refractivity contribution in [3.63, 3.8) is 0 Å². The van der Waals surface area contributed by atoms with Gasteiger partial charge in [-0.2, -0.15) is 0 Å². The fraction of sp³-hybridized carbons (Fsp3) is 0.348. The highest BCUT2D eigenvalue weighted by molar-refractivity contribution is 7.90. The van der Waals surface area contributed by atoms with E-state index in [9.17, 15) is 26.8 Å². The van der Waals surface area contributed by atoms with E-state index in [0.717, 1.165) is 31.2 Å². The van der Waals surface area contributed by atoms with Crippen LogP contribution in [0.4, 0.5) is 8.78 Å². The fourth-order valence-corrected chi connectivity index (χ4v) is 4.45. The third-order valence-corrected chi connectivity index (χ3v) is 6.40. The minimum absolute atomic E-state index is 0.0535. The largest absolute Gasteiger partial charge is 0.450 e. The van der Waals surface area contributed by atoms with Gasteiger partial charge in [0.05, 0.1) is 5.75 Å². The molecule has 33 heavy (non-hydrogen) atoms. The summed E-state index contributed by atoms with van der Waals surface area (Å²) in [6.45, 7) is 2.21. The molecule has 2 aromatic rings. The molecule has 2 heterocycles. The molecule has 2 aliphatic rings. The highest BCUT2D eigenvalue weighted by Gasteiger charge is 2.34. The van der Waals surface area contributed by atoms with Gasteiger partial charge in [0.2, 0.25) is 5.78 Å². The maximum atomic E-state index is 14.2. The number of dihydropyridines is 1. The van der Waals surface area contributed by atoms with Gasteiger partial charge < -0.3 is 9.30 Å². The molecule has 1 fully saturated rings. The molecule has 1 aromatic carbocycles. The number of nitrogens with zero attached hydrogens (tertiary/aromatic N) is 2. The number of pyridine rings is 1. The third kappa shape index (κ3) is 5.11. The number of carbonyl (C=O) groups is 1. The average molecular weight is 477 g/mol. The first-order chi connectivity index (χ1) is 15.5. The first-order valence-electron chi connectivity index (χ1n) is 10.3. The molecule has 174 valence electrons. The van der Waals surface area contributed by atoms with Gasteiger partial charge in [0.25, 0.3) is 5.56 Å². The molecule has 4 rings (SSSR count). The molecule has 0 radical (unpaired) electrons. The van der Waals surface area contributed by atoms with Crippen molar-refractivity contribution in [2.24, 2.45) is 10.9 Å². The molecule has 1 atom stereocenters. The van der Waals surface area contributed by atoms with Crippen LogP contribution in [-0.2, 0) is 21.2 Å². The van der Waals surface area contributed by atoms with E-state index >= 15 is 0 Å². The molecule has 0 saturated heterocycles. The number of rotatable bonds is 7. The lowest BCUT2D eigenvalue weighted by atomic mass is 9.95. The minimum Gasteiger partial charge on any atom is -0.450 e. The summed E-state index contributed by atoms with van der Waals surface area (Å²) >= 11 is 0. The monoisotopic (exact) mass is 476 g/mol. The summed E-state index contributed by atoms with van der Waals surface area (Å²) < 4.78 is 58.3. The van der Waals surface area contributed by atoms with Crippen LogP contribution in [0, 0.1) is 24.5 Å². The Morgan fingerprint density at radius 3 is 2.55 bits per heavy atom. The lowest BCUT2D eigenvalue weighted by Crippen LogP contribution is -2.29. The molecule has 0 amide bonds. The van der Waals surface area contributed by atoms with Crippen LogP contribution in [0.15, 0.2) is 51.6 Å². The minimum atomic E-state index is -3.59. The standard InChI is InChI=1S/C23H22F2N2O5S/c1-13-17(7-8-27(23(13)29)11-14-3-4-14)20-21(28)22(15(10-26-20)12-33(2,30)31)32-19-6-5-16(24)9-18(19)25/h5-10,14,20H,3-4,11-12H2,1-2H3. The second-order valence-electron chi connectivity index (χ2n) is 8.44. The molecule has 1 aromatic heterocycles. The Labute approximate surface area is 189 Å². The average Bonchev–Trinajstić information content (AvgIpc) is 3.54. The van der Waals surface area contributed by atoms with Crippen molar-refractivity contribution in [2.45, 2.75) is 32.4 Å². The van der Waals surface area contributed by atoms with Gasteiger partial charge >= 0.3 is 0 Å². The van der Waals surface area contributed by atoms with Gasteiger partial charge in [0, 0.05) is 42.4 Å². The SMILES string of the molecule is Cc1c(C2N=CC(CS(C)(=O)=O)=C(Oc3ccc(F)cc3F)C2=O)ccn(CC2CC2)c1=O. The molecule has 1 unspecified atom stereocenters. The second kappa shape index (κ2) is 8.66. The number of halogens is 2. The van der Waals surface area contributed by atoms with E-state index in [1.54, 1.807) is 23.8 Å². The number of aliphatic imine (C=N–C) groups is 1. The van der Waals surface area contributed by atoms with Crippen LogP contribution >= 0.6 is 0 Å². The van der Waals surface area contributed by atoms with Crippen LogP contribution in [0.2, 0.25) is 0 Å². The molecule has 7 nitrogen and oxygen atoms in total. The van der Waals surface area contributed by atoms with E-state index in [4.69, 9.17) is 4.74 Å². The number of sulfone groups is 1. The van der Waals surface area contributed by atoms with Crippen LogP contribution in [0.5, 0.6) is 5.75 Å². The van der Waals surface area contributed by atoms with Gasteiger partial charge in [-0.05, 0) is 49.4 Å². The van der Waals surface area contributed by atoms with Crippen molar-refractivity contribution in [3.8, 4) is 5.75 Å². The van der Waals surface area contributed by atoms with Gasteiger partial charge in [0.1, 0.15) is 11.9 Å². The van der Waals surface area contributed by atoms with Crippen LogP contribution in [-0.4, -0.2) is 37.0 Å². The van der Waals surface area contributed by atoms with Crippen LogP contribution in [0.1, 0.15) is 30.0 Å². The molecular formula is C23H22F2N2O5S. The smallest absolute Gasteiger partial charge is 0.253 e. The lowest BCUT2D eigenvalue weighted by Gasteiger charge is -2.22. The van der Waals surface area contributed by atoms with Crippen molar-refractivity contribution in [1.29, 1.82) is 0 Å². The van der Waals surface area contributed by atoms with E-state index in [1.807, 2.05) is 0 Å². The number of carbonyl (C=O) groups excluding carboxylic acids is 1. The van der Waals surface area contributed by atoms with Gasteiger partial charge in [-0.15, -0.1) is 0 Å². The van der Waals surface area contributed by atoms with Gasteiger partial charge in [-0.3, -0.25) is 14.6 Å². The van der Waals surface area contributed by atoms with Crippen LogP contribution in [0.25, 0.3) is 0 Å². The third-order valence-electron chi connectivity index (χ3n) is 5.56. The summed E-state index contributed by atoms with van der Waals surface area (Å²) in [7, 11) is -3.59. The Balaban J connectivity index is 1.72. The highest BCUT2D eigenvalue weighted by atomic mass is 32.2. The molecule has 0 spiro atoms. The van der Waals surface area contributed by atoms with Crippen molar-refractivity contribution in [2.75, 3.05) is 12.0 Å². The number of ketones is 1. The number of hydrogen-bond acceptors (Lipinski definition) is 6. The van der Waals surface area contributed by atoms with E-state index in [1.165, 1.54) is 6.21 Å². The normalized spacial score (nSPS) is 18.7. The highest BCUT2D eigenvalue weighted by Crippen LogP contribution is 2.32. The molecular weight excluding hydrogens is 454 g/mol. The molecule has 0 bridgehead atoms. The van der Waals surface area contributed by atoms with Crippen molar-refractivity contribution in [3.05, 3.63) is 74.9 Å². The second-order valence-corrected chi connectivity index (χ2v) is 10.6. The first-order valence-corrected chi connectivity index (χ1v) is 12.4. The molecule has 0 N–H and O–H groups in total. The van der Waals surface area contributed by atoms with E-state index in [0.29, 0.717) is 29.7 Å². The molecule has 1 aliphatic heterocycles. The van der Waals surface area contributed by atoms with Crippen LogP contribution < -0.4 is 10.3 Å². The molecule has 1 saturated carbocycles. The van der Waals surface area contributed by atoms with Gasteiger partial charge in [-0.1, -0.05) is 0 Å². The Hall–Kier alpha value is -3.14. The summed E-state index contributed by atoms with van der Waals surface area (Å²) in [5.41, 5.74) is 0.405. The Morgan fingerprint density at radius 2 is 1.91 bits per heavy atom. The number of Topliss-reactive ketones (excluding diaryl/α,β-unsaturated/α-hetero) is 1. The predicted octanol–water partition coefficient (Wildman–Crippen LogP) is 2.92. The number of benzene rings is 1. The molecule has 1 aliphatic carbocycles. The van der Waals surface area contributed by atoms with E-state index < -0.39 is 50.6 Å². The van der Waals surface area contributed by atoms with Gasteiger partial charge in [0.15, 0.2) is 27.2 Å². The zero-order valence-corrected chi connectivity index (χ0v) is 18.9. The molecule has 10 heteroatoms. The Bertz CT molecular complexity index is 1360.